The van der Waals surface area contributed by atoms with E-state index >= 15 is 0 Å². The third kappa shape index (κ3) is 2.89. The quantitative estimate of drug-likeness (QED) is 0.698. The molecule has 0 aliphatic heterocycles. The Kier molecular flexibility index (Phi) is 3.29. The number of rotatable bonds is 1. The third-order valence-corrected chi connectivity index (χ3v) is 3.01. The minimum atomic E-state index is -4.89. The average molecular weight is 296 g/mol. The van der Waals surface area contributed by atoms with Gasteiger partial charge in [-0.05, 0) is 12.1 Å². The summed E-state index contributed by atoms with van der Waals surface area (Å²) in [6.45, 7) is 0. The van der Waals surface area contributed by atoms with Crippen LogP contribution in [0.1, 0.15) is 11.1 Å². The molecule has 1 radical (unpaired) electrons. The summed E-state index contributed by atoms with van der Waals surface area (Å²) < 4.78 is 75.8. The van der Waals surface area contributed by atoms with Gasteiger partial charge in [0.05, 0.1) is 16.5 Å². The van der Waals surface area contributed by atoms with Crippen molar-refractivity contribution in [1.29, 1.82) is 0 Å². The van der Waals surface area contributed by atoms with Gasteiger partial charge in [-0.3, -0.25) is 0 Å². The summed E-state index contributed by atoms with van der Waals surface area (Å²) in [5.74, 6) is 0. The summed E-state index contributed by atoms with van der Waals surface area (Å²) in [5.41, 5.74) is -3.08. The topological polar surface area (TPSA) is 12.9 Å². The molecule has 1 aromatic carbocycles. The summed E-state index contributed by atoms with van der Waals surface area (Å²) in [4.78, 5) is 3.63. The van der Waals surface area contributed by atoms with Crippen LogP contribution in [0.4, 0.5) is 26.3 Å². The smallest absolute Gasteiger partial charge is 0.244 e. The Bertz CT molecular complexity index is 570. The first-order valence-corrected chi connectivity index (χ1v) is 5.62. The Morgan fingerprint density at radius 1 is 1.00 bits per heavy atom. The van der Waals surface area contributed by atoms with E-state index in [2.05, 4.69) is 10.4 Å². The summed E-state index contributed by atoms with van der Waals surface area (Å²) in [6, 6.07) is 1.47. The van der Waals surface area contributed by atoms with Crippen LogP contribution in [0.3, 0.4) is 0 Å². The first-order valence-electron chi connectivity index (χ1n) is 4.80. The van der Waals surface area contributed by atoms with Gasteiger partial charge in [-0.2, -0.15) is 26.3 Å². The van der Waals surface area contributed by atoms with E-state index in [-0.39, 0.29) is 16.6 Å². The van der Waals surface area contributed by atoms with Crippen molar-refractivity contribution >= 4 is 11.3 Å². The van der Waals surface area contributed by atoms with Crippen LogP contribution in [0.25, 0.3) is 10.6 Å². The van der Waals surface area contributed by atoms with Crippen LogP contribution in [-0.2, 0) is 12.4 Å². The second-order valence-electron chi connectivity index (χ2n) is 3.54. The van der Waals surface area contributed by atoms with Crippen LogP contribution < -0.4 is 0 Å². The molecular formula is C11H4F6NS. The number of hydrogen-bond donors (Lipinski definition) is 0. The molecule has 0 amide bonds. The molecule has 2 aromatic rings. The van der Waals surface area contributed by atoms with E-state index in [1.807, 2.05) is 0 Å². The maximum atomic E-state index is 12.8. The lowest BCUT2D eigenvalue weighted by molar-refractivity contribution is -0.142. The second kappa shape index (κ2) is 4.52. The van der Waals surface area contributed by atoms with Gasteiger partial charge in [0.1, 0.15) is 5.01 Å². The molecule has 0 atom stereocenters. The Balaban J connectivity index is 2.63. The van der Waals surface area contributed by atoms with Gasteiger partial charge < -0.3 is 0 Å². The van der Waals surface area contributed by atoms with Crippen molar-refractivity contribution < 1.29 is 26.3 Å². The first-order chi connectivity index (χ1) is 8.69. The predicted octanol–water partition coefficient (Wildman–Crippen LogP) is 4.65. The number of aromatic nitrogens is 1. The van der Waals surface area contributed by atoms with E-state index in [0.29, 0.717) is 6.07 Å². The van der Waals surface area contributed by atoms with Crippen LogP contribution in [-0.4, -0.2) is 4.98 Å². The molecule has 0 saturated heterocycles. The van der Waals surface area contributed by atoms with Crippen LogP contribution in [0, 0.1) is 5.38 Å². The van der Waals surface area contributed by atoms with Gasteiger partial charge >= 0.3 is 12.4 Å². The Morgan fingerprint density at radius 3 is 2.16 bits per heavy atom. The van der Waals surface area contributed by atoms with Gasteiger partial charge in [-0.1, -0.05) is 6.07 Å². The molecule has 1 aromatic heterocycles. The van der Waals surface area contributed by atoms with E-state index in [0.717, 1.165) is 23.6 Å². The molecular weight excluding hydrogens is 292 g/mol. The zero-order valence-electron chi connectivity index (χ0n) is 8.93. The van der Waals surface area contributed by atoms with E-state index in [4.69, 9.17) is 0 Å². The van der Waals surface area contributed by atoms with Gasteiger partial charge in [0.2, 0.25) is 0 Å². The fraction of sp³-hybridized carbons (Fsp3) is 0.182. The maximum Gasteiger partial charge on any atom is 0.417 e. The van der Waals surface area contributed by atoms with Crippen molar-refractivity contribution in [3.63, 3.8) is 0 Å². The summed E-state index contributed by atoms with van der Waals surface area (Å²) >= 11 is 0.802. The number of benzene rings is 1. The number of halogens is 6. The summed E-state index contributed by atoms with van der Waals surface area (Å²) in [7, 11) is 0. The van der Waals surface area contributed by atoms with Gasteiger partial charge in [0, 0.05) is 11.8 Å². The van der Waals surface area contributed by atoms with E-state index in [9.17, 15) is 26.3 Å². The number of alkyl halides is 6. The van der Waals surface area contributed by atoms with Crippen LogP contribution in [0.2, 0.25) is 0 Å². The highest BCUT2D eigenvalue weighted by Crippen LogP contribution is 2.41. The van der Waals surface area contributed by atoms with Crippen molar-refractivity contribution in [3.8, 4) is 10.6 Å². The van der Waals surface area contributed by atoms with Crippen LogP contribution in [0.5, 0.6) is 0 Å². The fourth-order valence-electron chi connectivity index (χ4n) is 1.46. The monoisotopic (exact) mass is 296 g/mol. The predicted molar refractivity (Wildman–Crippen MR) is 56.4 cm³/mol. The zero-order chi connectivity index (χ0) is 14.3. The molecule has 8 heteroatoms. The SMILES string of the molecule is FC(F)(F)c1ccc(-c2nc[c]s2)c(C(F)(F)F)c1. The molecule has 1 heterocycles. The molecule has 1 nitrogen and oxygen atoms in total. The van der Waals surface area contributed by atoms with Crippen molar-refractivity contribution in [1.82, 2.24) is 4.98 Å². The lowest BCUT2D eigenvalue weighted by Crippen LogP contribution is -2.12. The average Bonchev–Trinajstić information content (AvgIpc) is 2.79. The molecule has 19 heavy (non-hydrogen) atoms. The van der Waals surface area contributed by atoms with E-state index in [1.54, 1.807) is 0 Å². The Labute approximate surface area is 107 Å². The molecule has 0 saturated carbocycles. The minimum Gasteiger partial charge on any atom is -0.244 e. The molecule has 0 fully saturated rings. The van der Waals surface area contributed by atoms with Crippen molar-refractivity contribution in [3.05, 3.63) is 40.9 Å². The van der Waals surface area contributed by atoms with Crippen molar-refractivity contribution in [2.75, 3.05) is 0 Å². The van der Waals surface area contributed by atoms with Gasteiger partial charge in [0.25, 0.3) is 0 Å². The lowest BCUT2D eigenvalue weighted by Gasteiger charge is -2.14. The number of thiazole rings is 1. The lowest BCUT2D eigenvalue weighted by atomic mass is 10.0. The Morgan fingerprint density at radius 2 is 1.68 bits per heavy atom. The third-order valence-electron chi connectivity index (χ3n) is 2.27. The largest absolute Gasteiger partial charge is 0.417 e. The van der Waals surface area contributed by atoms with Crippen LogP contribution >= 0.6 is 11.3 Å². The molecule has 0 aliphatic rings. The summed E-state index contributed by atoms with van der Waals surface area (Å²) in [6.07, 6.45) is -8.55. The molecule has 0 bridgehead atoms. The van der Waals surface area contributed by atoms with Crippen molar-refractivity contribution in [2.45, 2.75) is 12.4 Å². The second-order valence-corrected chi connectivity index (χ2v) is 4.37. The first kappa shape index (κ1) is 13.9. The Hall–Kier alpha value is -1.57. The normalized spacial score (nSPS) is 12.7. The molecule has 2 rings (SSSR count). The summed E-state index contributed by atoms with van der Waals surface area (Å²) in [5, 5.41) is 2.47. The highest BCUT2D eigenvalue weighted by molar-refractivity contribution is 7.12. The fourth-order valence-corrected chi connectivity index (χ4v) is 2.07. The number of nitrogens with zero attached hydrogens (tertiary/aromatic N) is 1. The van der Waals surface area contributed by atoms with Gasteiger partial charge in [-0.25, -0.2) is 4.98 Å². The highest BCUT2D eigenvalue weighted by atomic mass is 32.1. The maximum absolute atomic E-state index is 12.8. The van der Waals surface area contributed by atoms with Crippen LogP contribution in [0.15, 0.2) is 24.4 Å². The van der Waals surface area contributed by atoms with E-state index in [1.165, 1.54) is 0 Å². The molecule has 0 aliphatic carbocycles. The molecule has 0 spiro atoms. The van der Waals surface area contributed by atoms with Gasteiger partial charge in [0.15, 0.2) is 0 Å². The van der Waals surface area contributed by atoms with Gasteiger partial charge in [-0.15, -0.1) is 11.3 Å². The zero-order valence-corrected chi connectivity index (χ0v) is 9.75. The molecule has 101 valence electrons. The number of hydrogen-bond acceptors (Lipinski definition) is 2. The molecule has 0 unspecified atom stereocenters. The minimum absolute atomic E-state index is 0.0268. The standard InChI is InChI=1S/C11H4F6NS/c12-10(13,14)6-1-2-7(9-18-3-4-19-9)8(5-6)11(15,16)17/h1-3,5H. The van der Waals surface area contributed by atoms with E-state index < -0.39 is 23.5 Å². The highest BCUT2D eigenvalue weighted by Gasteiger charge is 2.38. The molecule has 0 N–H and O–H groups in total. The van der Waals surface area contributed by atoms with Crippen molar-refractivity contribution in [2.24, 2.45) is 0 Å².